The molecule has 6 heteroatoms. The molecule has 0 spiro atoms. The Morgan fingerprint density at radius 3 is 1.79 bits per heavy atom. The second kappa shape index (κ2) is 11.0. The molecule has 5 rings (SSSR count). The molecule has 0 aliphatic heterocycles. The number of aryl methyl sites for hydroxylation is 4. The number of benzene rings is 2. The van der Waals surface area contributed by atoms with Crippen LogP contribution < -0.4 is 0 Å². The van der Waals surface area contributed by atoms with Crippen LogP contribution in [0.1, 0.15) is 11.1 Å². The van der Waals surface area contributed by atoms with Crippen LogP contribution in [0.25, 0.3) is 33.8 Å². The van der Waals surface area contributed by atoms with E-state index in [0.717, 1.165) is 33.8 Å². The van der Waals surface area contributed by atoms with Crippen LogP contribution in [0.3, 0.4) is 0 Å². The van der Waals surface area contributed by atoms with E-state index >= 15 is 0 Å². The molecule has 5 aromatic rings. The van der Waals surface area contributed by atoms with E-state index < -0.39 is 0 Å². The van der Waals surface area contributed by atoms with Crippen molar-refractivity contribution in [2.75, 3.05) is 0 Å². The molecule has 2 aromatic carbocycles. The molecule has 5 nitrogen and oxygen atoms in total. The van der Waals surface area contributed by atoms with Crippen LogP contribution in [0, 0.1) is 26.0 Å². The van der Waals surface area contributed by atoms with Crippen molar-refractivity contribution in [2.24, 2.45) is 14.1 Å². The minimum Gasteiger partial charge on any atom is -0.305 e. The SMILES string of the molecule is Cc1cc(C)c(-c2cn(C)cn2)[c-]c1-c1cn(C)cn1.[IrH+2].[c-]1ccccc1-c1ccccn1. The van der Waals surface area contributed by atoms with Gasteiger partial charge in [-0.3, -0.25) is 9.97 Å². The summed E-state index contributed by atoms with van der Waals surface area (Å²) in [6.07, 6.45) is 9.43. The first-order valence-corrected chi connectivity index (χ1v) is 10.4. The van der Waals surface area contributed by atoms with E-state index in [0.29, 0.717) is 0 Å². The monoisotopic (exact) mass is 613 g/mol. The van der Waals surface area contributed by atoms with Crippen molar-refractivity contribution in [3.63, 3.8) is 0 Å². The van der Waals surface area contributed by atoms with Crippen LogP contribution in [-0.4, -0.2) is 24.1 Å². The van der Waals surface area contributed by atoms with Crippen molar-refractivity contribution in [1.29, 1.82) is 0 Å². The molecule has 0 unspecified atom stereocenters. The first-order chi connectivity index (χ1) is 15.5. The summed E-state index contributed by atoms with van der Waals surface area (Å²) in [5, 5.41) is 0. The Morgan fingerprint density at radius 2 is 1.33 bits per heavy atom. The molecule has 3 aromatic heterocycles. The van der Waals surface area contributed by atoms with E-state index in [1.807, 2.05) is 90.7 Å². The minimum absolute atomic E-state index is 0. The van der Waals surface area contributed by atoms with Crippen LogP contribution >= 0.6 is 0 Å². The summed E-state index contributed by atoms with van der Waals surface area (Å²) in [6, 6.07) is 22.5. The molecule has 0 saturated carbocycles. The quantitative estimate of drug-likeness (QED) is 0.264. The maximum atomic E-state index is 4.42. The van der Waals surface area contributed by atoms with Gasteiger partial charge in [-0.1, -0.05) is 37.1 Å². The molecule has 0 fully saturated rings. The van der Waals surface area contributed by atoms with Crippen molar-refractivity contribution in [2.45, 2.75) is 13.8 Å². The molecule has 0 amide bonds. The summed E-state index contributed by atoms with van der Waals surface area (Å²) in [4.78, 5) is 13.1. The van der Waals surface area contributed by atoms with Gasteiger partial charge < -0.3 is 14.1 Å². The van der Waals surface area contributed by atoms with E-state index in [1.165, 1.54) is 11.1 Å². The topological polar surface area (TPSA) is 48.5 Å². The molecule has 0 aliphatic carbocycles. The van der Waals surface area contributed by atoms with Gasteiger partial charge in [0.05, 0.1) is 12.7 Å². The van der Waals surface area contributed by atoms with Crippen LogP contribution in [0.5, 0.6) is 0 Å². The van der Waals surface area contributed by atoms with Gasteiger partial charge in [0.25, 0.3) is 0 Å². The third-order valence-electron chi connectivity index (χ3n) is 5.04. The number of imidazole rings is 2. The second-order valence-electron chi connectivity index (χ2n) is 7.73. The fourth-order valence-corrected chi connectivity index (χ4v) is 3.48. The zero-order chi connectivity index (χ0) is 22.5. The van der Waals surface area contributed by atoms with E-state index in [2.05, 4.69) is 47.0 Å². The van der Waals surface area contributed by atoms with Crippen LogP contribution in [-0.2, 0) is 34.2 Å². The van der Waals surface area contributed by atoms with Crippen LogP contribution in [0.2, 0.25) is 0 Å². The summed E-state index contributed by atoms with van der Waals surface area (Å²) in [7, 11) is 3.94. The molecule has 3 heterocycles. The largest absolute Gasteiger partial charge is 0.305 e. The molecule has 0 N–H and O–H groups in total. The summed E-state index contributed by atoms with van der Waals surface area (Å²) in [6.45, 7) is 4.19. The van der Waals surface area contributed by atoms with Gasteiger partial charge in [0, 0.05) is 31.7 Å². The first-order valence-electron chi connectivity index (χ1n) is 10.4. The van der Waals surface area contributed by atoms with Crippen molar-refractivity contribution < 1.29 is 20.1 Å². The Morgan fingerprint density at radius 1 is 0.727 bits per heavy atom. The molecule has 0 saturated heterocycles. The molecule has 33 heavy (non-hydrogen) atoms. The number of hydrogen-bond donors (Lipinski definition) is 0. The van der Waals surface area contributed by atoms with Crippen molar-refractivity contribution in [3.8, 4) is 33.8 Å². The Kier molecular flexibility index (Phi) is 8.10. The van der Waals surface area contributed by atoms with Crippen LogP contribution in [0.4, 0.5) is 0 Å². The first kappa shape index (κ1) is 24.3. The smallest absolute Gasteiger partial charge is 0.0160 e. The summed E-state index contributed by atoms with van der Waals surface area (Å²) < 4.78 is 3.89. The molecular weight excluding hydrogens is 587 g/mol. The van der Waals surface area contributed by atoms with Gasteiger partial charge in [0.2, 0.25) is 0 Å². The fourth-order valence-electron chi connectivity index (χ4n) is 3.48. The average molecular weight is 613 g/mol. The number of nitrogens with zero attached hydrogens (tertiary/aromatic N) is 5. The Labute approximate surface area is 208 Å². The normalized spacial score (nSPS) is 10.2. The van der Waals surface area contributed by atoms with E-state index in [9.17, 15) is 0 Å². The number of hydrogen-bond acceptors (Lipinski definition) is 3. The van der Waals surface area contributed by atoms with Crippen molar-refractivity contribution >= 4 is 0 Å². The van der Waals surface area contributed by atoms with E-state index in [-0.39, 0.29) is 20.1 Å². The molecular formula is C27H26IrN5. The van der Waals surface area contributed by atoms with E-state index in [4.69, 9.17) is 0 Å². The van der Waals surface area contributed by atoms with Crippen LogP contribution in [0.15, 0.2) is 79.8 Å². The summed E-state index contributed by atoms with van der Waals surface area (Å²) >= 11 is 0. The molecule has 1 radical (unpaired) electrons. The molecule has 0 atom stereocenters. The third kappa shape index (κ3) is 5.92. The van der Waals surface area contributed by atoms with Gasteiger partial charge >= 0.3 is 20.1 Å². The Hall–Kier alpha value is -3.34. The zero-order valence-electron chi connectivity index (χ0n) is 19.1. The predicted molar refractivity (Wildman–Crippen MR) is 129 cm³/mol. The maximum absolute atomic E-state index is 4.42. The third-order valence-corrected chi connectivity index (χ3v) is 5.04. The predicted octanol–water partition coefficient (Wildman–Crippen LogP) is 5.18. The van der Waals surface area contributed by atoms with Gasteiger partial charge in [0.15, 0.2) is 0 Å². The number of pyridine rings is 1. The Bertz CT molecular complexity index is 1210. The molecule has 0 aliphatic rings. The van der Waals surface area contributed by atoms with Crippen molar-refractivity contribution in [1.82, 2.24) is 24.1 Å². The van der Waals surface area contributed by atoms with Gasteiger partial charge in [-0.15, -0.1) is 59.2 Å². The maximum Gasteiger partial charge on any atom is 0.0160 e. The van der Waals surface area contributed by atoms with Crippen molar-refractivity contribution in [3.05, 3.63) is 103 Å². The number of rotatable bonds is 3. The summed E-state index contributed by atoms with van der Waals surface area (Å²) in [5.41, 5.74) is 8.34. The van der Waals surface area contributed by atoms with E-state index in [1.54, 1.807) is 6.20 Å². The van der Waals surface area contributed by atoms with Gasteiger partial charge in [0.1, 0.15) is 0 Å². The van der Waals surface area contributed by atoms with Gasteiger partial charge in [-0.2, -0.15) is 0 Å². The van der Waals surface area contributed by atoms with Gasteiger partial charge in [-0.25, -0.2) is 0 Å². The summed E-state index contributed by atoms with van der Waals surface area (Å²) in [5.74, 6) is 0. The Balaban J connectivity index is 0.000000202. The standard InChI is InChI=1S/C16H17N4.C11H8N.Ir.H/c1-11-5-12(2)14(16-8-20(4)10-18-16)6-13(11)15-7-19(3)9-17-15;1-2-6-10(7-3-1)11-8-4-5-9-12-11;;/h5,7-10H,1-4H3;1-6,8-9H;;/q2*-1;+2;. The zero-order valence-corrected chi connectivity index (χ0v) is 21.6. The average Bonchev–Trinajstić information content (AvgIpc) is 3.44. The van der Waals surface area contributed by atoms with Gasteiger partial charge in [-0.05, 0) is 24.2 Å². The molecule has 168 valence electrons. The molecule has 0 bridgehead atoms. The number of aromatic nitrogens is 5. The minimum atomic E-state index is 0. The second-order valence-corrected chi connectivity index (χ2v) is 7.73. The fraction of sp³-hybridized carbons (Fsp3) is 0.148.